The summed E-state index contributed by atoms with van der Waals surface area (Å²) in [5.41, 5.74) is -5.28. The van der Waals surface area contributed by atoms with Crippen LogP contribution in [0.4, 0.5) is 0 Å². The molecule has 2 bridgehead atoms. The molecule has 4 atom stereocenters. The Balaban J connectivity index is 3.15. The fraction of sp³-hybridized carbons (Fsp3) is 0.895. The van der Waals surface area contributed by atoms with Gasteiger partial charge in [-0.05, 0) is 40.9 Å². The molecule has 4 heteroatoms. The first kappa shape index (κ1) is 18.3. The van der Waals surface area contributed by atoms with E-state index in [-0.39, 0.29) is 10.8 Å². The number of fused-ring (bicyclic) bond motifs is 2. The van der Waals surface area contributed by atoms with Gasteiger partial charge in [0.05, 0.1) is 10.8 Å². The molecule has 0 aromatic carbocycles. The summed E-state index contributed by atoms with van der Waals surface area (Å²) in [6.45, 7) is 19.9. The van der Waals surface area contributed by atoms with Crippen LogP contribution in [-0.2, 0) is 9.59 Å². The molecule has 0 amide bonds. The van der Waals surface area contributed by atoms with Crippen LogP contribution in [0.2, 0.25) is 0 Å². The van der Waals surface area contributed by atoms with E-state index < -0.39 is 39.0 Å². The van der Waals surface area contributed by atoms with Crippen LogP contribution in [0.25, 0.3) is 0 Å². The summed E-state index contributed by atoms with van der Waals surface area (Å²) in [4.78, 5) is 25.0. The summed E-state index contributed by atoms with van der Waals surface area (Å²) >= 11 is 0. The first-order valence-corrected chi connectivity index (χ1v) is 8.36. The molecule has 0 aromatic rings. The third-order valence-corrected chi connectivity index (χ3v) is 10.4. The maximum atomic E-state index is 12.5. The number of carboxylic acids is 2. The average Bonchev–Trinajstić information content (AvgIpc) is 2.52. The highest BCUT2D eigenvalue weighted by molar-refractivity contribution is 5.90. The lowest BCUT2D eigenvalue weighted by atomic mass is 9.36. The van der Waals surface area contributed by atoms with Gasteiger partial charge in [-0.3, -0.25) is 9.59 Å². The lowest BCUT2D eigenvalue weighted by molar-refractivity contribution is -0.228. The minimum absolute atomic E-state index is 0.347. The van der Waals surface area contributed by atoms with Gasteiger partial charge < -0.3 is 10.2 Å². The second-order valence-corrected chi connectivity index (χ2v) is 9.99. The normalized spacial score (nSPS) is 49.1. The Morgan fingerprint density at radius 3 is 0.913 bits per heavy atom. The lowest BCUT2D eigenvalue weighted by Crippen LogP contribution is -2.68. The molecule has 2 fully saturated rings. The molecule has 2 rings (SSSR count). The van der Waals surface area contributed by atoms with Crippen LogP contribution in [0.1, 0.15) is 69.2 Å². The Bertz CT molecular complexity index is 565. The fourth-order valence-corrected chi connectivity index (χ4v) is 7.67. The maximum absolute atomic E-state index is 12.5. The van der Waals surface area contributed by atoms with Gasteiger partial charge in [0.25, 0.3) is 0 Å². The molecule has 0 spiro atoms. The van der Waals surface area contributed by atoms with E-state index in [9.17, 15) is 19.8 Å². The summed E-state index contributed by atoms with van der Waals surface area (Å²) < 4.78 is 0. The molecule has 2 N–H and O–H groups in total. The van der Waals surface area contributed by atoms with Crippen LogP contribution in [0.5, 0.6) is 0 Å². The SMILES string of the molecule is CC1(C)C(C)(C)C2(C)C(C)(C)C1(C)C(C)(C(=O)O)C2(C)C(=O)O. The van der Waals surface area contributed by atoms with E-state index >= 15 is 0 Å². The van der Waals surface area contributed by atoms with E-state index in [0.29, 0.717) is 0 Å². The van der Waals surface area contributed by atoms with Crippen molar-refractivity contribution in [1.82, 2.24) is 0 Å². The molecule has 0 aromatic heterocycles. The third-order valence-electron chi connectivity index (χ3n) is 10.4. The predicted octanol–water partition coefficient (Wildman–Crippen LogP) is 4.29. The molecule has 2 saturated carbocycles. The highest BCUT2D eigenvalue weighted by Crippen LogP contribution is 2.94. The molecular weight excluding hydrogens is 292 g/mol. The second-order valence-electron chi connectivity index (χ2n) is 9.99. The Morgan fingerprint density at radius 1 is 0.522 bits per heavy atom. The van der Waals surface area contributed by atoms with Crippen LogP contribution < -0.4 is 0 Å². The van der Waals surface area contributed by atoms with Crippen molar-refractivity contribution in [2.45, 2.75) is 69.2 Å². The van der Waals surface area contributed by atoms with Gasteiger partial charge in [0.1, 0.15) is 0 Å². The first-order valence-electron chi connectivity index (χ1n) is 8.36. The highest BCUT2D eigenvalue weighted by Gasteiger charge is 2.95. The molecule has 2 aliphatic carbocycles. The van der Waals surface area contributed by atoms with Crippen LogP contribution >= 0.6 is 0 Å². The second kappa shape index (κ2) is 3.78. The molecule has 132 valence electrons. The van der Waals surface area contributed by atoms with Crippen molar-refractivity contribution < 1.29 is 19.8 Å². The minimum Gasteiger partial charge on any atom is -0.481 e. The predicted molar refractivity (Wildman–Crippen MR) is 89.0 cm³/mol. The first-order chi connectivity index (χ1) is 9.89. The average molecular weight is 324 g/mol. The number of carbonyl (C=O) groups is 2. The van der Waals surface area contributed by atoms with E-state index in [1.165, 1.54) is 0 Å². The topological polar surface area (TPSA) is 74.6 Å². The van der Waals surface area contributed by atoms with Gasteiger partial charge in [0.15, 0.2) is 0 Å². The summed E-state index contributed by atoms with van der Waals surface area (Å²) in [7, 11) is 0. The van der Waals surface area contributed by atoms with E-state index in [2.05, 4.69) is 41.5 Å². The van der Waals surface area contributed by atoms with E-state index in [4.69, 9.17) is 0 Å². The van der Waals surface area contributed by atoms with E-state index in [1.54, 1.807) is 13.8 Å². The molecule has 0 saturated heterocycles. The zero-order valence-corrected chi connectivity index (χ0v) is 16.2. The molecule has 0 aliphatic heterocycles. The number of hydrogen-bond donors (Lipinski definition) is 2. The van der Waals surface area contributed by atoms with Gasteiger partial charge in [-0.1, -0.05) is 55.4 Å². The zero-order valence-electron chi connectivity index (χ0n) is 16.2. The standard InChI is InChI=1S/C19H32O4/c1-13(2)14(3,4)19(10)15(5,6)18(13,9)16(7,11(20)21)17(19,8)12(22)23/h1-10H3,(H,20,21)(H,22,23). The molecule has 4 unspecified atom stereocenters. The van der Waals surface area contributed by atoms with Gasteiger partial charge in [-0.2, -0.15) is 0 Å². The van der Waals surface area contributed by atoms with Gasteiger partial charge in [0.2, 0.25) is 0 Å². The molecule has 4 nitrogen and oxygen atoms in total. The van der Waals surface area contributed by atoms with Crippen molar-refractivity contribution in [1.29, 1.82) is 0 Å². The summed E-state index contributed by atoms with van der Waals surface area (Å²) in [5.74, 6) is -2.02. The Hall–Kier alpha value is -1.06. The quantitative estimate of drug-likeness (QED) is 0.794. The Labute approximate surface area is 139 Å². The lowest BCUT2D eigenvalue weighted by Gasteiger charge is -2.65. The minimum atomic E-state index is -1.37. The number of rotatable bonds is 2. The summed E-state index contributed by atoms with van der Waals surface area (Å²) in [5, 5.41) is 20.5. The van der Waals surface area contributed by atoms with Crippen molar-refractivity contribution in [3.05, 3.63) is 0 Å². The molecular formula is C19H32O4. The van der Waals surface area contributed by atoms with Crippen LogP contribution in [0, 0.1) is 37.9 Å². The van der Waals surface area contributed by atoms with E-state index in [0.717, 1.165) is 0 Å². The Kier molecular flexibility index (Phi) is 3.00. The van der Waals surface area contributed by atoms with Crippen molar-refractivity contribution >= 4 is 11.9 Å². The summed E-state index contributed by atoms with van der Waals surface area (Å²) in [6.07, 6.45) is 0. The van der Waals surface area contributed by atoms with Crippen LogP contribution in [0.15, 0.2) is 0 Å². The van der Waals surface area contributed by atoms with Crippen LogP contribution in [-0.4, -0.2) is 22.2 Å². The fourth-order valence-electron chi connectivity index (χ4n) is 7.67. The molecule has 2 aliphatic rings. The third kappa shape index (κ3) is 1.09. The molecule has 0 radical (unpaired) electrons. The molecule has 0 heterocycles. The number of aliphatic carboxylic acids is 2. The largest absolute Gasteiger partial charge is 0.481 e. The number of hydrogen-bond acceptors (Lipinski definition) is 2. The van der Waals surface area contributed by atoms with Gasteiger partial charge in [0, 0.05) is 0 Å². The molecule has 23 heavy (non-hydrogen) atoms. The van der Waals surface area contributed by atoms with Gasteiger partial charge in [-0.25, -0.2) is 0 Å². The zero-order chi connectivity index (χ0) is 18.7. The highest BCUT2D eigenvalue weighted by atomic mass is 16.4. The number of carboxylic acid groups (broad SMARTS) is 2. The Morgan fingerprint density at radius 2 is 0.739 bits per heavy atom. The monoisotopic (exact) mass is 324 g/mol. The van der Waals surface area contributed by atoms with Crippen LogP contribution in [0.3, 0.4) is 0 Å². The maximum Gasteiger partial charge on any atom is 0.311 e. The smallest absolute Gasteiger partial charge is 0.311 e. The van der Waals surface area contributed by atoms with Gasteiger partial charge >= 0.3 is 11.9 Å². The summed E-state index contributed by atoms with van der Waals surface area (Å²) in [6, 6.07) is 0. The van der Waals surface area contributed by atoms with Crippen molar-refractivity contribution in [3.63, 3.8) is 0 Å². The van der Waals surface area contributed by atoms with Crippen molar-refractivity contribution in [2.24, 2.45) is 37.9 Å². The van der Waals surface area contributed by atoms with Crippen molar-refractivity contribution in [3.8, 4) is 0 Å². The van der Waals surface area contributed by atoms with Crippen molar-refractivity contribution in [2.75, 3.05) is 0 Å². The van der Waals surface area contributed by atoms with Gasteiger partial charge in [-0.15, -0.1) is 0 Å². The van der Waals surface area contributed by atoms with E-state index in [1.807, 2.05) is 13.8 Å².